The number of carbonyl (C=O) groups is 2. The Morgan fingerprint density at radius 1 is 1.12 bits per heavy atom. The van der Waals surface area contributed by atoms with E-state index in [4.69, 9.17) is 0 Å². The number of pyridine rings is 1. The second-order valence-corrected chi connectivity index (χ2v) is 6.77. The van der Waals surface area contributed by atoms with Gasteiger partial charge in [0.05, 0.1) is 0 Å². The SMILES string of the molecule is CC(C)c1ccc(Nc2cc(C(=O)N3CCN(C=O)CC3)ccn2)cc1. The zero-order valence-electron chi connectivity index (χ0n) is 15.2. The molecule has 0 saturated carbocycles. The number of piperazine rings is 1. The van der Waals surface area contributed by atoms with Crippen molar-refractivity contribution < 1.29 is 9.59 Å². The van der Waals surface area contributed by atoms with E-state index in [1.807, 2.05) is 12.1 Å². The summed E-state index contributed by atoms with van der Waals surface area (Å²) < 4.78 is 0. The highest BCUT2D eigenvalue weighted by molar-refractivity contribution is 5.95. The number of carbonyl (C=O) groups excluding carboxylic acids is 2. The van der Waals surface area contributed by atoms with E-state index in [2.05, 4.69) is 36.3 Å². The van der Waals surface area contributed by atoms with Crippen molar-refractivity contribution in [3.8, 4) is 0 Å². The Labute approximate surface area is 153 Å². The van der Waals surface area contributed by atoms with Gasteiger partial charge in [0.25, 0.3) is 5.91 Å². The Morgan fingerprint density at radius 3 is 2.42 bits per heavy atom. The lowest BCUT2D eigenvalue weighted by molar-refractivity contribution is -0.119. The highest BCUT2D eigenvalue weighted by Gasteiger charge is 2.21. The van der Waals surface area contributed by atoms with Crippen molar-refractivity contribution in [3.63, 3.8) is 0 Å². The summed E-state index contributed by atoms with van der Waals surface area (Å²) in [6, 6.07) is 11.7. The predicted octanol–water partition coefficient (Wildman–Crippen LogP) is 2.86. The number of aromatic nitrogens is 1. The Bertz CT molecular complexity index is 766. The predicted molar refractivity (Wildman–Crippen MR) is 102 cm³/mol. The summed E-state index contributed by atoms with van der Waals surface area (Å²) in [4.78, 5) is 31.2. The second kappa shape index (κ2) is 7.99. The summed E-state index contributed by atoms with van der Waals surface area (Å²) in [7, 11) is 0. The molecule has 1 aliphatic heterocycles. The summed E-state index contributed by atoms with van der Waals surface area (Å²) in [5.74, 6) is 1.10. The van der Waals surface area contributed by atoms with Crippen LogP contribution < -0.4 is 5.32 Å². The van der Waals surface area contributed by atoms with Gasteiger partial charge in [-0.3, -0.25) is 9.59 Å². The van der Waals surface area contributed by atoms with Gasteiger partial charge in [0, 0.05) is 43.6 Å². The standard InChI is InChI=1S/C20H24N4O2/c1-15(2)16-3-5-18(6-4-16)22-19-13-17(7-8-21-19)20(26)24-11-9-23(14-25)10-12-24/h3-8,13-15H,9-12H2,1-2H3,(H,21,22). The lowest BCUT2D eigenvalue weighted by Crippen LogP contribution is -2.48. The van der Waals surface area contributed by atoms with Crippen molar-refractivity contribution in [2.45, 2.75) is 19.8 Å². The zero-order valence-corrected chi connectivity index (χ0v) is 15.2. The normalized spacial score (nSPS) is 14.4. The quantitative estimate of drug-likeness (QED) is 0.841. The van der Waals surface area contributed by atoms with Gasteiger partial charge in [0.1, 0.15) is 5.82 Å². The van der Waals surface area contributed by atoms with Gasteiger partial charge in [-0.05, 0) is 35.7 Å². The molecule has 26 heavy (non-hydrogen) atoms. The van der Waals surface area contributed by atoms with Gasteiger partial charge in [-0.15, -0.1) is 0 Å². The summed E-state index contributed by atoms with van der Waals surface area (Å²) >= 11 is 0. The fourth-order valence-electron chi connectivity index (χ4n) is 2.94. The van der Waals surface area contributed by atoms with Crippen molar-refractivity contribution in [2.24, 2.45) is 0 Å². The van der Waals surface area contributed by atoms with E-state index in [1.54, 1.807) is 28.1 Å². The van der Waals surface area contributed by atoms with E-state index in [0.29, 0.717) is 43.5 Å². The number of hydrogen-bond acceptors (Lipinski definition) is 4. The van der Waals surface area contributed by atoms with Crippen LogP contribution >= 0.6 is 0 Å². The van der Waals surface area contributed by atoms with E-state index in [-0.39, 0.29) is 5.91 Å². The van der Waals surface area contributed by atoms with E-state index < -0.39 is 0 Å². The Hall–Kier alpha value is -2.89. The molecule has 6 heteroatoms. The highest BCUT2D eigenvalue weighted by Crippen LogP contribution is 2.20. The molecule has 6 nitrogen and oxygen atoms in total. The van der Waals surface area contributed by atoms with Crippen LogP contribution in [0.15, 0.2) is 42.6 Å². The van der Waals surface area contributed by atoms with Crippen LogP contribution in [0.4, 0.5) is 11.5 Å². The van der Waals surface area contributed by atoms with Gasteiger partial charge >= 0.3 is 0 Å². The minimum Gasteiger partial charge on any atom is -0.342 e. The summed E-state index contributed by atoms with van der Waals surface area (Å²) in [5.41, 5.74) is 2.81. The van der Waals surface area contributed by atoms with Crippen molar-refractivity contribution in [3.05, 3.63) is 53.7 Å². The smallest absolute Gasteiger partial charge is 0.254 e. The maximum absolute atomic E-state index is 12.7. The van der Waals surface area contributed by atoms with Crippen molar-refractivity contribution in [2.75, 3.05) is 31.5 Å². The number of hydrogen-bond donors (Lipinski definition) is 1. The van der Waals surface area contributed by atoms with E-state index in [9.17, 15) is 9.59 Å². The molecule has 0 radical (unpaired) electrons. The fraction of sp³-hybridized carbons (Fsp3) is 0.350. The molecule has 1 N–H and O–H groups in total. The van der Waals surface area contributed by atoms with Gasteiger partial charge in [-0.1, -0.05) is 26.0 Å². The van der Waals surface area contributed by atoms with E-state index in [0.717, 1.165) is 12.1 Å². The van der Waals surface area contributed by atoms with Crippen LogP contribution in [0.2, 0.25) is 0 Å². The molecule has 1 saturated heterocycles. The van der Waals surface area contributed by atoms with Gasteiger partial charge in [0.2, 0.25) is 6.41 Å². The minimum atomic E-state index is -0.0313. The lowest BCUT2D eigenvalue weighted by Gasteiger charge is -2.32. The topological polar surface area (TPSA) is 65.5 Å². The molecule has 0 bridgehead atoms. The third-order valence-corrected chi connectivity index (χ3v) is 4.61. The van der Waals surface area contributed by atoms with E-state index >= 15 is 0 Å². The zero-order chi connectivity index (χ0) is 18.5. The molecule has 0 spiro atoms. The van der Waals surface area contributed by atoms with Crippen molar-refractivity contribution in [1.29, 1.82) is 0 Å². The fourth-order valence-corrected chi connectivity index (χ4v) is 2.94. The van der Waals surface area contributed by atoms with E-state index in [1.165, 1.54) is 5.56 Å². The molecule has 2 amide bonds. The van der Waals surface area contributed by atoms with Crippen LogP contribution in [0.5, 0.6) is 0 Å². The van der Waals surface area contributed by atoms with Gasteiger partial charge in [-0.2, -0.15) is 0 Å². The van der Waals surface area contributed by atoms with Gasteiger partial charge < -0.3 is 15.1 Å². The van der Waals surface area contributed by atoms with Crippen LogP contribution in [0, 0.1) is 0 Å². The monoisotopic (exact) mass is 352 g/mol. The molecule has 0 unspecified atom stereocenters. The number of benzene rings is 1. The molecule has 136 valence electrons. The molecular formula is C20H24N4O2. The summed E-state index contributed by atoms with van der Waals surface area (Å²) in [6.07, 6.45) is 2.47. The largest absolute Gasteiger partial charge is 0.342 e. The second-order valence-electron chi connectivity index (χ2n) is 6.77. The lowest BCUT2D eigenvalue weighted by atomic mass is 10.0. The van der Waals surface area contributed by atoms with Crippen molar-refractivity contribution >= 4 is 23.8 Å². The van der Waals surface area contributed by atoms with Gasteiger partial charge in [0.15, 0.2) is 0 Å². The maximum Gasteiger partial charge on any atom is 0.254 e. The number of amides is 2. The molecule has 1 aromatic heterocycles. The van der Waals surface area contributed by atoms with Crippen LogP contribution in [-0.2, 0) is 4.79 Å². The molecule has 0 aliphatic carbocycles. The average molecular weight is 352 g/mol. The van der Waals surface area contributed by atoms with Crippen LogP contribution in [0.1, 0.15) is 35.7 Å². The Kier molecular flexibility index (Phi) is 5.51. The molecule has 1 aliphatic rings. The average Bonchev–Trinajstić information content (AvgIpc) is 2.68. The molecule has 2 aromatic rings. The molecule has 1 fully saturated rings. The van der Waals surface area contributed by atoms with Crippen LogP contribution in [-0.4, -0.2) is 53.3 Å². The number of anilines is 2. The molecule has 2 heterocycles. The molecule has 3 rings (SSSR count). The number of rotatable bonds is 5. The first-order chi connectivity index (χ1) is 12.6. The first kappa shape index (κ1) is 17.9. The number of nitrogens with one attached hydrogen (secondary N) is 1. The first-order valence-electron chi connectivity index (χ1n) is 8.88. The summed E-state index contributed by atoms with van der Waals surface area (Å²) in [5, 5.41) is 3.25. The van der Waals surface area contributed by atoms with Crippen LogP contribution in [0.25, 0.3) is 0 Å². The van der Waals surface area contributed by atoms with Crippen LogP contribution in [0.3, 0.4) is 0 Å². The molecule has 1 aromatic carbocycles. The number of nitrogens with zero attached hydrogens (tertiary/aromatic N) is 3. The highest BCUT2D eigenvalue weighted by atomic mass is 16.2. The third-order valence-electron chi connectivity index (χ3n) is 4.61. The van der Waals surface area contributed by atoms with Crippen molar-refractivity contribution in [1.82, 2.24) is 14.8 Å². The Morgan fingerprint density at radius 2 is 1.81 bits per heavy atom. The maximum atomic E-state index is 12.7. The third kappa shape index (κ3) is 4.20. The minimum absolute atomic E-state index is 0.0313. The Balaban J connectivity index is 1.68. The molecule has 0 atom stereocenters. The van der Waals surface area contributed by atoms with Gasteiger partial charge in [-0.25, -0.2) is 4.98 Å². The first-order valence-corrected chi connectivity index (χ1v) is 8.88. The summed E-state index contributed by atoms with van der Waals surface area (Å²) in [6.45, 7) is 6.59. The molecular weight excluding hydrogens is 328 g/mol.